The third kappa shape index (κ3) is 4.66. The summed E-state index contributed by atoms with van der Waals surface area (Å²) in [5.41, 5.74) is 0.219. The van der Waals surface area contributed by atoms with Crippen molar-refractivity contribution in [3.05, 3.63) is 62.7 Å². The van der Waals surface area contributed by atoms with Crippen molar-refractivity contribution in [3.8, 4) is 0 Å². The number of nitrogens with one attached hydrogen (secondary N) is 2. The smallest absolute Gasteiger partial charge is 0.292 e. The number of hydrogen-bond donors (Lipinski definition) is 2. The van der Waals surface area contributed by atoms with Gasteiger partial charge in [0.25, 0.3) is 11.4 Å². The zero-order valence-corrected chi connectivity index (χ0v) is 16.8. The van der Waals surface area contributed by atoms with E-state index in [2.05, 4.69) is 10.6 Å². The molecular formula is C18H21N5O6S. The molecule has 11 nitrogen and oxygen atoms in total. The summed E-state index contributed by atoms with van der Waals surface area (Å²) >= 11 is 0. The molecule has 1 saturated heterocycles. The maximum absolute atomic E-state index is 13.0. The van der Waals surface area contributed by atoms with Crippen LogP contribution in [0.5, 0.6) is 0 Å². The van der Waals surface area contributed by atoms with Crippen molar-refractivity contribution in [2.75, 3.05) is 36.8 Å². The zero-order chi connectivity index (χ0) is 21.7. The Morgan fingerprint density at radius 1 is 0.900 bits per heavy atom. The molecule has 0 bridgehead atoms. The predicted octanol–water partition coefficient (Wildman–Crippen LogP) is 2.81. The summed E-state index contributed by atoms with van der Waals surface area (Å²) in [6, 6.07) is 9.85. The molecular weight excluding hydrogens is 414 g/mol. The highest BCUT2D eigenvalue weighted by Crippen LogP contribution is 2.30. The van der Waals surface area contributed by atoms with Crippen molar-refractivity contribution >= 4 is 32.8 Å². The molecule has 0 unspecified atom stereocenters. The van der Waals surface area contributed by atoms with Crippen LogP contribution in [0.2, 0.25) is 0 Å². The first kappa shape index (κ1) is 21.5. The molecule has 0 spiro atoms. The Balaban J connectivity index is 1.76. The van der Waals surface area contributed by atoms with Gasteiger partial charge in [-0.2, -0.15) is 4.31 Å². The highest BCUT2D eigenvalue weighted by atomic mass is 32.2. The summed E-state index contributed by atoms with van der Waals surface area (Å²) in [5, 5.41) is 28.1. The van der Waals surface area contributed by atoms with Crippen molar-refractivity contribution < 1.29 is 18.3 Å². The molecule has 1 aliphatic rings. The maximum Gasteiger partial charge on any atom is 0.292 e. The molecule has 160 valence electrons. The number of nitro groups is 2. The summed E-state index contributed by atoms with van der Waals surface area (Å²) in [7, 11) is -3.88. The van der Waals surface area contributed by atoms with Gasteiger partial charge in [-0.15, -0.1) is 0 Å². The average Bonchev–Trinajstić information content (AvgIpc) is 3.27. The van der Waals surface area contributed by atoms with E-state index in [4.69, 9.17) is 0 Å². The van der Waals surface area contributed by atoms with Gasteiger partial charge in [-0.25, -0.2) is 8.42 Å². The first-order valence-electron chi connectivity index (χ1n) is 9.30. The molecule has 0 saturated carbocycles. The van der Waals surface area contributed by atoms with Crippen molar-refractivity contribution in [1.82, 2.24) is 4.31 Å². The van der Waals surface area contributed by atoms with E-state index in [0.29, 0.717) is 18.8 Å². The topological polar surface area (TPSA) is 148 Å². The van der Waals surface area contributed by atoms with E-state index in [9.17, 15) is 28.6 Å². The van der Waals surface area contributed by atoms with E-state index in [-0.39, 0.29) is 35.0 Å². The Morgan fingerprint density at radius 3 is 2.17 bits per heavy atom. The van der Waals surface area contributed by atoms with Gasteiger partial charge in [0.15, 0.2) is 0 Å². The van der Waals surface area contributed by atoms with Gasteiger partial charge in [-0.3, -0.25) is 20.2 Å². The van der Waals surface area contributed by atoms with E-state index < -0.39 is 19.9 Å². The molecule has 2 aromatic carbocycles. The average molecular weight is 435 g/mol. The lowest BCUT2D eigenvalue weighted by atomic mass is 10.2. The SMILES string of the molecule is O=[N+]([O-])c1ccc(NCCNc2ccccc2[N+](=O)[O-])c(S(=O)(=O)N2CCCC2)c1. The summed E-state index contributed by atoms with van der Waals surface area (Å²) in [6.45, 7) is 1.27. The van der Waals surface area contributed by atoms with Crippen LogP contribution in [0.4, 0.5) is 22.7 Å². The third-order valence-corrected chi connectivity index (χ3v) is 6.65. The number of anilines is 2. The standard InChI is InChI=1S/C18H21N5O6S/c24-22(25)14-7-8-16(18(13-14)30(28,29)21-11-3-4-12-21)20-10-9-19-15-5-1-2-6-17(15)23(26)27/h1-2,5-8,13,19-20H,3-4,9-12H2. The minimum absolute atomic E-state index is 0.0647. The number of nitro benzene ring substituents is 2. The van der Waals surface area contributed by atoms with Crippen LogP contribution < -0.4 is 10.6 Å². The Bertz CT molecular complexity index is 1050. The number of hydrogen-bond acceptors (Lipinski definition) is 8. The molecule has 0 aromatic heterocycles. The van der Waals surface area contributed by atoms with Crippen LogP contribution in [0, 0.1) is 20.2 Å². The molecule has 2 aromatic rings. The van der Waals surface area contributed by atoms with Gasteiger partial charge in [-0.05, 0) is 25.0 Å². The van der Waals surface area contributed by atoms with Gasteiger partial charge in [0.2, 0.25) is 10.0 Å². The van der Waals surface area contributed by atoms with Gasteiger partial charge in [0, 0.05) is 44.4 Å². The quantitative estimate of drug-likeness (QED) is 0.347. The number of para-hydroxylation sites is 2. The second kappa shape index (κ2) is 9.05. The van der Waals surface area contributed by atoms with E-state index in [1.54, 1.807) is 18.2 Å². The van der Waals surface area contributed by atoms with Gasteiger partial charge in [0.05, 0.1) is 15.5 Å². The number of nitrogens with zero attached hydrogens (tertiary/aromatic N) is 3. The Kier molecular flexibility index (Phi) is 6.47. The highest BCUT2D eigenvalue weighted by Gasteiger charge is 2.30. The molecule has 1 heterocycles. The van der Waals surface area contributed by atoms with Crippen molar-refractivity contribution in [2.24, 2.45) is 0 Å². The number of non-ortho nitro benzene ring substituents is 1. The Morgan fingerprint density at radius 2 is 1.53 bits per heavy atom. The summed E-state index contributed by atoms with van der Waals surface area (Å²) < 4.78 is 27.3. The molecule has 30 heavy (non-hydrogen) atoms. The first-order chi connectivity index (χ1) is 14.3. The molecule has 2 N–H and O–H groups in total. The number of benzene rings is 2. The molecule has 1 fully saturated rings. The normalized spacial score (nSPS) is 14.4. The minimum Gasteiger partial charge on any atom is -0.382 e. The van der Waals surface area contributed by atoms with Crippen LogP contribution in [0.1, 0.15) is 12.8 Å². The van der Waals surface area contributed by atoms with E-state index in [0.717, 1.165) is 18.9 Å². The van der Waals surface area contributed by atoms with Gasteiger partial charge in [-0.1, -0.05) is 12.1 Å². The molecule has 12 heteroatoms. The molecule has 1 aliphatic heterocycles. The lowest BCUT2D eigenvalue weighted by Gasteiger charge is -2.19. The van der Waals surface area contributed by atoms with Crippen LogP contribution in [-0.2, 0) is 10.0 Å². The van der Waals surface area contributed by atoms with E-state index in [1.807, 2.05) is 0 Å². The second-order valence-corrected chi connectivity index (χ2v) is 8.58. The van der Waals surface area contributed by atoms with Crippen LogP contribution >= 0.6 is 0 Å². The lowest BCUT2D eigenvalue weighted by Crippen LogP contribution is -2.29. The van der Waals surface area contributed by atoms with Gasteiger partial charge in [0.1, 0.15) is 10.6 Å². The van der Waals surface area contributed by atoms with E-state index >= 15 is 0 Å². The molecule has 0 radical (unpaired) electrons. The predicted molar refractivity (Wildman–Crippen MR) is 111 cm³/mol. The Hall–Kier alpha value is -3.25. The lowest BCUT2D eigenvalue weighted by molar-refractivity contribution is -0.385. The van der Waals surface area contributed by atoms with Crippen molar-refractivity contribution in [2.45, 2.75) is 17.7 Å². The molecule has 0 aliphatic carbocycles. The summed E-state index contributed by atoms with van der Waals surface area (Å²) in [4.78, 5) is 20.9. The van der Waals surface area contributed by atoms with Crippen LogP contribution in [-0.4, -0.2) is 48.7 Å². The molecule has 0 atom stereocenters. The number of sulfonamides is 1. The maximum atomic E-state index is 13.0. The first-order valence-corrected chi connectivity index (χ1v) is 10.7. The zero-order valence-electron chi connectivity index (χ0n) is 16.0. The minimum atomic E-state index is -3.88. The second-order valence-electron chi connectivity index (χ2n) is 6.68. The van der Waals surface area contributed by atoms with Crippen LogP contribution in [0.25, 0.3) is 0 Å². The van der Waals surface area contributed by atoms with Gasteiger partial charge >= 0.3 is 0 Å². The molecule has 0 amide bonds. The Labute approximate surface area is 173 Å². The monoisotopic (exact) mass is 435 g/mol. The fourth-order valence-electron chi connectivity index (χ4n) is 3.23. The summed E-state index contributed by atoms with van der Waals surface area (Å²) in [6.07, 6.45) is 1.49. The third-order valence-electron chi connectivity index (χ3n) is 4.72. The van der Waals surface area contributed by atoms with Crippen molar-refractivity contribution in [1.29, 1.82) is 0 Å². The van der Waals surface area contributed by atoms with E-state index in [1.165, 1.54) is 22.5 Å². The van der Waals surface area contributed by atoms with Crippen molar-refractivity contribution in [3.63, 3.8) is 0 Å². The molecule has 3 rings (SSSR count). The fraction of sp³-hybridized carbons (Fsp3) is 0.333. The summed E-state index contributed by atoms with van der Waals surface area (Å²) in [5.74, 6) is 0. The largest absolute Gasteiger partial charge is 0.382 e. The fourth-order valence-corrected chi connectivity index (χ4v) is 4.93. The number of rotatable bonds is 9. The highest BCUT2D eigenvalue weighted by molar-refractivity contribution is 7.89. The van der Waals surface area contributed by atoms with Gasteiger partial charge < -0.3 is 10.6 Å². The van der Waals surface area contributed by atoms with Crippen LogP contribution in [0.15, 0.2) is 47.4 Å². The van der Waals surface area contributed by atoms with Crippen LogP contribution in [0.3, 0.4) is 0 Å².